The molecule has 4 heteroatoms. The van der Waals surface area contributed by atoms with Crippen LogP contribution in [0, 0.1) is 6.92 Å². The van der Waals surface area contributed by atoms with Crippen LogP contribution < -0.4 is 5.56 Å². The van der Waals surface area contributed by atoms with Crippen molar-refractivity contribution < 1.29 is 0 Å². The molecule has 0 aliphatic heterocycles. The average Bonchev–Trinajstić information content (AvgIpc) is 2.64. The van der Waals surface area contributed by atoms with Gasteiger partial charge in [-0.25, -0.2) is 0 Å². The molecule has 0 saturated carbocycles. The predicted molar refractivity (Wildman–Crippen MR) is 103 cm³/mol. The smallest absolute Gasteiger partial charge is 0.267 e. The number of nitrogens with zero attached hydrogens (tertiary/aromatic N) is 2. The first kappa shape index (κ1) is 15.6. The Labute approximate surface area is 150 Å². The zero-order valence-electron chi connectivity index (χ0n) is 13.6. The summed E-state index contributed by atoms with van der Waals surface area (Å²) < 4.78 is 1.44. The van der Waals surface area contributed by atoms with Crippen molar-refractivity contribution in [3.63, 3.8) is 0 Å². The highest BCUT2D eigenvalue weighted by Gasteiger charge is 2.13. The molecule has 0 aliphatic rings. The van der Waals surface area contributed by atoms with Crippen molar-refractivity contribution in [3.8, 4) is 16.9 Å². The summed E-state index contributed by atoms with van der Waals surface area (Å²) in [5.74, 6) is 0. The Bertz CT molecular complexity index is 1110. The molecule has 0 radical (unpaired) electrons. The number of fused-ring (bicyclic) bond motifs is 1. The van der Waals surface area contributed by atoms with Gasteiger partial charge in [-0.2, -0.15) is 9.78 Å². The van der Waals surface area contributed by atoms with Gasteiger partial charge in [0.25, 0.3) is 5.56 Å². The Morgan fingerprint density at radius 2 is 1.48 bits per heavy atom. The summed E-state index contributed by atoms with van der Waals surface area (Å²) in [6.07, 6.45) is 0. The molecule has 0 amide bonds. The van der Waals surface area contributed by atoms with E-state index in [1.54, 1.807) is 24.3 Å². The lowest BCUT2D eigenvalue weighted by atomic mass is 10.0. The summed E-state index contributed by atoms with van der Waals surface area (Å²) in [5.41, 5.74) is 3.48. The molecule has 0 aliphatic carbocycles. The maximum atomic E-state index is 12.9. The van der Waals surface area contributed by atoms with Gasteiger partial charge in [0.2, 0.25) is 0 Å². The third-order valence-corrected chi connectivity index (χ3v) is 4.45. The van der Waals surface area contributed by atoms with Gasteiger partial charge in [-0.05, 0) is 37.3 Å². The number of hydrogen-bond donors (Lipinski definition) is 0. The molecule has 1 aromatic heterocycles. The van der Waals surface area contributed by atoms with Crippen LogP contribution in [0.1, 0.15) is 5.56 Å². The standard InChI is InChI=1S/C21H15ClN2O/c1-14-6-8-15(9-7-14)20-18-4-2-3-5-19(18)21(25)24(23-20)17-12-10-16(22)11-13-17/h2-13H,1H3. The van der Waals surface area contributed by atoms with E-state index in [1.165, 1.54) is 10.2 Å². The fraction of sp³-hybridized carbons (Fsp3) is 0.0476. The van der Waals surface area contributed by atoms with E-state index >= 15 is 0 Å². The minimum absolute atomic E-state index is 0.145. The summed E-state index contributed by atoms with van der Waals surface area (Å²) in [5, 5.41) is 6.77. The van der Waals surface area contributed by atoms with Crippen molar-refractivity contribution >= 4 is 22.4 Å². The van der Waals surface area contributed by atoms with Crippen LogP contribution in [0.15, 0.2) is 77.6 Å². The molecule has 0 unspecified atom stereocenters. The van der Waals surface area contributed by atoms with E-state index in [2.05, 4.69) is 5.10 Å². The van der Waals surface area contributed by atoms with Crippen LogP contribution in [0.2, 0.25) is 5.02 Å². The van der Waals surface area contributed by atoms with Crippen LogP contribution in [0.3, 0.4) is 0 Å². The molecule has 0 bridgehead atoms. The van der Waals surface area contributed by atoms with Gasteiger partial charge in [-0.1, -0.05) is 59.6 Å². The molecule has 25 heavy (non-hydrogen) atoms. The number of halogens is 1. The molecule has 122 valence electrons. The third-order valence-electron chi connectivity index (χ3n) is 4.20. The summed E-state index contributed by atoms with van der Waals surface area (Å²) in [7, 11) is 0. The Hall–Kier alpha value is -2.91. The summed E-state index contributed by atoms with van der Waals surface area (Å²) in [6, 6.07) is 22.8. The van der Waals surface area contributed by atoms with Crippen molar-refractivity contribution in [2.45, 2.75) is 6.92 Å². The molecule has 4 rings (SSSR count). The van der Waals surface area contributed by atoms with Gasteiger partial charge in [0.1, 0.15) is 0 Å². The van der Waals surface area contributed by atoms with E-state index in [4.69, 9.17) is 11.6 Å². The monoisotopic (exact) mass is 346 g/mol. The lowest BCUT2D eigenvalue weighted by molar-refractivity contribution is 0.826. The summed E-state index contributed by atoms with van der Waals surface area (Å²) in [4.78, 5) is 12.9. The quantitative estimate of drug-likeness (QED) is 0.511. The van der Waals surface area contributed by atoms with Gasteiger partial charge in [0, 0.05) is 16.0 Å². The fourth-order valence-electron chi connectivity index (χ4n) is 2.87. The molecule has 0 atom stereocenters. The second-order valence-corrected chi connectivity index (χ2v) is 6.39. The summed E-state index contributed by atoms with van der Waals surface area (Å²) >= 11 is 5.97. The van der Waals surface area contributed by atoms with E-state index in [-0.39, 0.29) is 5.56 Å². The van der Waals surface area contributed by atoms with E-state index < -0.39 is 0 Å². The predicted octanol–water partition coefficient (Wildman–Crippen LogP) is 5.01. The lowest BCUT2D eigenvalue weighted by Crippen LogP contribution is -2.22. The number of aryl methyl sites for hydroxylation is 1. The maximum absolute atomic E-state index is 12.9. The first-order chi connectivity index (χ1) is 12.1. The van der Waals surface area contributed by atoms with E-state index in [0.29, 0.717) is 16.1 Å². The average molecular weight is 347 g/mol. The lowest BCUT2D eigenvalue weighted by Gasteiger charge is -2.11. The zero-order chi connectivity index (χ0) is 17.4. The van der Waals surface area contributed by atoms with Crippen molar-refractivity contribution in [3.05, 3.63) is 93.7 Å². The minimum atomic E-state index is -0.145. The number of benzene rings is 3. The number of aromatic nitrogens is 2. The SMILES string of the molecule is Cc1ccc(-c2nn(-c3ccc(Cl)cc3)c(=O)c3ccccc23)cc1. The molecular weight excluding hydrogens is 332 g/mol. The van der Waals surface area contributed by atoms with Gasteiger partial charge in [-0.3, -0.25) is 4.79 Å². The zero-order valence-corrected chi connectivity index (χ0v) is 14.4. The Kier molecular flexibility index (Phi) is 3.86. The Morgan fingerprint density at radius 1 is 0.840 bits per heavy atom. The summed E-state index contributed by atoms with van der Waals surface area (Å²) in [6.45, 7) is 2.05. The van der Waals surface area contributed by atoms with Crippen LogP contribution in [-0.4, -0.2) is 9.78 Å². The van der Waals surface area contributed by atoms with Crippen molar-refractivity contribution in [2.75, 3.05) is 0 Å². The first-order valence-corrected chi connectivity index (χ1v) is 8.36. The second kappa shape index (κ2) is 6.19. The highest BCUT2D eigenvalue weighted by atomic mass is 35.5. The Balaban J connectivity index is 2.05. The highest BCUT2D eigenvalue weighted by Crippen LogP contribution is 2.25. The molecule has 4 aromatic rings. The maximum Gasteiger partial charge on any atom is 0.279 e. The largest absolute Gasteiger partial charge is 0.279 e. The minimum Gasteiger partial charge on any atom is -0.267 e. The molecular formula is C21H15ClN2O. The highest BCUT2D eigenvalue weighted by molar-refractivity contribution is 6.30. The third kappa shape index (κ3) is 2.83. The molecule has 0 spiro atoms. The molecule has 3 nitrogen and oxygen atoms in total. The van der Waals surface area contributed by atoms with Gasteiger partial charge in [-0.15, -0.1) is 0 Å². The molecule has 3 aromatic carbocycles. The van der Waals surface area contributed by atoms with Gasteiger partial charge >= 0.3 is 0 Å². The molecule has 0 N–H and O–H groups in total. The van der Waals surface area contributed by atoms with Crippen molar-refractivity contribution in [1.29, 1.82) is 0 Å². The topological polar surface area (TPSA) is 34.9 Å². The molecule has 1 heterocycles. The van der Waals surface area contributed by atoms with Crippen LogP contribution in [0.5, 0.6) is 0 Å². The van der Waals surface area contributed by atoms with Crippen molar-refractivity contribution in [2.24, 2.45) is 0 Å². The van der Waals surface area contributed by atoms with E-state index in [1.807, 2.05) is 55.5 Å². The Morgan fingerprint density at radius 3 is 2.16 bits per heavy atom. The van der Waals surface area contributed by atoms with Crippen LogP contribution in [-0.2, 0) is 0 Å². The van der Waals surface area contributed by atoms with Crippen LogP contribution in [0.25, 0.3) is 27.7 Å². The van der Waals surface area contributed by atoms with Gasteiger partial charge < -0.3 is 0 Å². The normalized spacial score (nSPS) is 11.0. The number of rotatable bonds is 2. The van der Waals surface area contributed by atoms with Crippen LogP contribution >= 0.6 is 11.6 Å². The second-order valence-electron chi connectivity index (χ2n) is 5.95. The van der Waals surface area contributed by atoms with E-state index in [9.17, 15) is 4.79 Å². The molecule has 0 saturated heterocycles. The van der Waals surface area contributed by atoms with E-state index in [0.717, 1.165) is 16.6 Å². The van der Waals surface area contributed by atoms with Crippen molar-refractivity contribution in [1.82, 2.24) is 9.78 Å². The van der Waals surface area contributed by atoms with Gasteiger partial charge in [0.15, 0.2) is 0 Å². The first-order valence-electron chi connectivity index (χ1n) is 7.98. The number of hydrogen-bond acceptors (Lipinski definition) is 2. The van der Waals surface area contributed by atoms with Crippen LogP contribution in [0.4, 0.5) is 0 Å². The fourth-order valence-corrected chi connectivity index (χ4v) is 3.00. The molecule has 0 fully saturated rings. The van der Waals surface area contributed by atoms with Gasteiger partial charge in [0.05, 0.1) is 16.8 Å².